The van der Waals surface area contributed by atoms with Gasteiger partial charge in [-0.2, -0.15) is 0 Å². The average molecular weight is 430 g/mol. The standard InChI is InChI=1S/C21H23N3O3S2/c1-13-10-24(8-9-27-13)21(26)14(2)28-12-17-22-19(25)18-16(11-29-20(18)23-17)15-6-4-3-5-7-15/h3-7,11,13-14H,8-10,12H2,1-2H3,(H,22,23,25). The Morgan fingerprint density at radius 1 is 1.41 bits per heavy atom. The molecule has 1 aromatic carbocycles. The first kappa shape index (κ1) is 20.1. The fraction of sp³-hybridized carbons (Fsp3) is 0.381. The van der Waals surface area contributed by atoms with Gasteiger partial charge in [-0.1, -0.05) is 30.3 Å². The smallest absolute Gasteiger partial charge is 0.260 e. The van der Waals surface area contributed by atoms with E-state index in [2.05, 4.69) is 9.97 Å². The maximum Gasteiger partial charge on any atom is 0.260 e. The van der Waals surface area contributed by atoms with Crippen LogP contribution in [0, 0.1) is 0 Å². The Kier molecular flexibility index (Phi) is 6.03. The van der Waals surface area contributed by atoms with Crippen LogP contribution in [0.3, 0.4) is 0 Å². The number of rotatable bonds is 5. The molecule has 152 valence electrons. The van der Waals surface area contributed by atoms with E-state index in [4.69, 9.17) is 4.74 Å². The van der Waals surface area contributed by atoms with Crippen LogP contribution in [0.15, 0.2) is 40.5 Å². The number of H-pyrrole nitrogens is 1. The second kappa shape index (κ2) is 8.69. The number of thiophene rings is 1. The van der Waals surface area contributed by atoms with E-state index in [1.54, 1.807) is 0 Å². The number of hydrogen-bond acceptors (Lipinski definition) is 6. The fourth-order valence-corrected chi connectivity index (χ4v) is 5.25. The summed E-state index contributed by atoms with van der Waals surface area (Å²) in [7, 11) is 0. The molecule has 4 rings (SSSR count). The number of carbonyl (C=O) groups excluding carboxylic acids is 1. The van der Waals surface area contributed by atoms with E-state index in [0.717, 1.165) is 16.0 Å². The Hall–Kier alpha value is -2.16. The van der Waals surface area contributed by atoms with Gasteiger partial charge >= 0.3 is 0 Å². The lowest BCUT2D eigenvalue weighted by molar-refractivity contribution is -0.137. The van der Waals surface area contributed by atoms with Crippen molar-refractivity contribution in [1.82, 2.24) is 14.9 Å². The third kappa shape index (κ3) is 4.39. The number of morpholine rings is 1. The number of amides is 1. The van der Waals surface area contributed by atoms with Crippen LogP contribution < -0.4 is 5.56 Å². The number of aromatic nitrogens is 2. The monoisotopic (exact) mass is 429 g/mol. The number of nitrogens with one attached hydrogen (secondary N) is 1. The molecule has 2 unspecified atom stereocenters. The van der Waals surface area contributed by atoms with Crippen molar-refractivity contribution in [2.45, 2.75) is 31.0 Å². The van der Waals surface area contributed by atoms with Gasteiger partial charge in [0.25, 0.3) is 5.56 Å². The van der Waals surface area contributed by atoms with Gasteiger partial charge < -0.3 is 14.6 Å². The fourth-order valence-electron chi connectivity index (χ4n) is 3.44. The van der Waals surface area contributed by atoms with E-state index in [1.807, 2.05) is 54.5 Å². The summed E-state index contributed by atoms with van der Waals surface area (Å²) in [5.74, 6) is 1.19. The molecule has 0 saturated carbocycles. The number of aromatic amines is 1. The maximum atomic E-state index is 12.7. The van der Waals surface area contributed by atoms with Crippen molar-refractivity contribution >= 4 is 39.2 Å². The first-order valence-electron chi connectivity index (χ1n) is 9.60. The molecular weight excluding hydrogens is 406 g/mol. The highest BCUT2D eigenvalue weighted by Crippen LogP contribution is 2.31. The summed E-state index contributed by atoms with van der Waals surface area (Å²) in [5, 5.41) is 2.40. The molecule has 0 radical (unpaired) electrons. The van der Waals surface area contributed by atoms with Gasteiger partial charge in [-0.3, -0.25) is 9.59 Å². The molecule has 3 aromatic rings. The van der Waals surface area contributed by atoms with E-state index in [9.17, 15) is 9.59 Å². The Bertz CT molecular complexity index is 1060. The number of fused-ring (bicyclic) bond motifs is 1. The van der Waals surface area contributed by atoms with Crippen LogP contribution in [0.2, 0.25) is 0 Å². The zero-order valence-electron chi connectivity index (χ0n) is 16.4. The van der Waals surface area contributed by atoms with Gasteiger partial charge in [0.1, 0.15) is 10.7 Å². The minimum absolute atomic E-state index is 0.0722. The van der Waals surface area contributed by atoms with Gasteiger partial charge in [0, 0.05) is 24.0 Å². The molecule has 2 aromatic heterocycles. The summed E-state index contributed by atoms with van der Waals surface area (Å²) < 4.78 is 5.51. The molecule has 3 heterocycles. The summed E-state index contributed by atoms with van der Waals surface area (Å²) >= 11 is 2.96. The molecule has 0 bridgehead atoms. The van der Waals surface area contributed by atoms with Crippen LogP contribution in [0.5, 0.6) is 0 Å². The van der Waals surface area contributed by atoms with Crippen molar-refractivity contribution in [3.8, 4) is 11.1 Å². The van der Waals surface area contributed by atoms with Crippen LogP contribution in [0.25, 0.3) is 21.3 Å². The lowest BCUT2D eigenvalue weighted by Crippen LogP contribution is -2.47. The zero-order chi connectivity index (χ0) is 20.4. The Morgan fingerprint density at radius 2 is 2.21 bits per heavy atom. The third-order valence-corrected chi connectivity index (χ3v) is 6.96. The first-order chi connectivity index (χ1) is 14.0. The van der Waals surface area contributed by atoms with E-state index < -0.39 is 0 Å². The van der Waals surface area contributed by atoms with E-state index in [1.165, 1.54) is 23.1 Å². The van der Waals surface area contributed by atoms with E-state index in [0.29, 0.717) is 36.7 Å². The molecule has 2 atom stereocenters. The molecule has 0 aliphatic carbocycles. The lowest BCUT2D eigenvalue weighted by Gasteiger charge is -2.32. The topological polar surface area (TPSA) is 75.3 Å². The van der Waals surface area contributed by atoms with Crippen molar-refractivity contribution < 1.29 is 9.53 Å². The number of hydrogen-bond donors (Lipinski definition) is 1. The Balaban J connectivity index is 1.48. The second-order valence-electron chi connectivity index (χ2n) is 7.13. The molecule has 1 aliphatic heterocycles. The molecule has 6 nitrogen and oxygen atoms in total. The highest BCUT2D eigenvalue weighted by Gasteiger charge is 2.25. The lowest BCUT2D eigenvalue weighted by atomic mass is 10.1. The van der Waals surface area contributed by atoms with Gasteiger partial charge in [0.2, 0.25) is 5.91 Å². The summed E-state index contributed by atoms with van der Waals surface area (Å²) in [6, 6.07) is 9.85. The van der Waals surface area contributed by atoms with Crippen molar-refractivity contribution in [1.29, 1.82) is 0 Å². The third-order valence-electron chi connectivity index (χ3n) is 4.95. The van der Waals surface area contributed by atoms with Crippen molar-refractivity contribution in [3.05, 3.63) is 51.9 Å². The van der Waals surface area contributed by atoms with Gasteiger partial charge in [-0.15, -0.1) is 23.1 Å². The molecule has 1 aliphatic rings. The van der Waals surface area contributed by atoms with Crippen LogP contribution in [-0.4, -0.2) is 51.8 Å². The Morgan fingerprint density at radius 3 is 2.97 bits per heavy atom. The van der Waals surface area contributed by atoms with Crippen molar-refractivity contribution in [2.24, 2.45) is 0 Å². The van der Waals surface area contributed by atoms with Crippen LogP contribution in [0.4, 0.5) is 0 Å². The van der Waals surface area contributed by atoms with Crippen LogP contribution in [0.1, 0.15) is 19.7 Å². The number of carbonyl (C=O) groups is 1. The minimum atomic E-state index is -0.204. The summed E-state index contributed by atoms with van der Waals surface area (Å²) in [6.45, 7) is 5.72. The summed E-state index contributed by atoms with van der Waals surface area (Å²) in [6.07, 6.45) is 0.0722. The molecule has 8 heteroatoms. The first-order valence-corrected chi connectivity index (χ1v) is 11.5. The quantitative estimate of drug-likeness (QED) is 0.672. The molecule has 0 spiro atoms. The van der Waals surface area contributed by atoms with Crippen molar-refractivity contribution in [2.75, 3.05) is 19.7 Å². The normalized spacial score (nSPS) is 18.1. The van der Waals surface area contributed by atoms with Gasteiger partial charge in [-0.05, 0) is 19.4 Å². The zero-order valence-corrected chi connectivity index (χ0v) is 18.0. The van der Waals surface area contributed by atoms with Gasteiger partial charge in [0.15, 0.2) is 0 Å². The van der Waals surface area contributed by atoms with Crippen LogP contribution >= 0.6 is 23.1 Å². The number of benzene rings is 1. The van der Waals surface area contributed by atoms with Gasteiger partial charge in [-0.25, -0.2) is 4.98 Å². The second-order valence-corrected chi connectivity index (χ2v) is 9.31. The average Bonchev–Trinajstić information content (AvgIpc) is 3.17. The molecule has 1 N–H and O–H groups in total. The molecule has 29 heavy (non-hydrogen) atoms. The van der Waals surface area contributed by atoms with Crippen molar-refractivity contribution in [3.63, 3.8) is 0 Å². The predicted molar refractivity (Wildman–Crippen MR) is 118 cm³/mol. The highest BCUT2D eigenvalue weighted by molar-refractivity contribution is 7.99. The largest absolute Gasteiger partial charge is 0.375 e. The minimum Gasteiger partial charge on any atom is -0.375 e. The molecule has 1 fully saturated rings. The van der Waals surface area contributed by atoms with E-state index >= 15 is 0 Å². The van der Waals surface area contributed by atoms with Gasteiger partial charge in [0.05, 0.1) is 29.1 Å². The van der Waals surface area contributed by atoms with E-state index in [-0.39, 0.29) is 22.8 Å². The summed E-state index contributed by atoms with van der Waals surface area (Å²) in [5.41, 5.74) is 1.78. The Labute approximate surface area is 177 Å². The molecule has 1 saturated heterocycles. The molecule has 1 amide bonds. The maximum absolute atomic E-state index is 12.7. The number of thioether (sulfide) groups is 1. The molecular formula is C21H23N3O3S2. The summed E-state index contributed by atoms with van der Waals surface area (Å²) in [4.78, 5) is 35.5. The predicted octanol–water partition coefficient (Wildman–Crippen LogP) is 3.52. The van der Waals surface area contributed by atoms with Crippen LogP contribution in [-0.2, 0) is 15.3 Å². The number of nitrogens with zero attached hydrogens (tertiary/aromatic N) is 2. The highest BCUT2D eigenvalue weighted by atomic mass is 32.2. The number of ether oxygens (including phenoxy) is 1. The SMILES string of the molecule is CC1CN(C(=O)C(C)SCc2nc3scc(-c4ccccc4)c3c(=O)[nH]2)CCO1.